The Morgan fingerprint density at radius 2 is 1.83 bits per heavy atom. The summed E-state index contributed by atoms with van der Waals surface area (Å²) in [6.45, 7) is 2.76. The highest BCUT2D eigenvalue weighted by Crippen LogP contribution is 2.10. The summed E-state index contributed by atoms with van der Waals surface area (Å²) in [4.78, 5) is 29.7. The van der Waals surface area contributed by atoms with Gasteiger partial charge in [0.15, 0.2) is 0 Å². The summed E-state index contributed by atoms with van der Waals surface area (Å²) in [6, 6.07) is 12.6. The maximum absolute atomic E-state index is 12.5. The van der Waals surface area contributed by atoms with Gasteiger partial charge in [0.25, 0.3) is 0 Å². The lowest BCUT2D eigenvalue weighted by molar-refractivity contribution is -0.143. The van der Waals surface area contributed by atoms with Gasteiger partial charge in [-0.05, 0) is 36.8 Å². The molecule has 1 heterocycles. The number of carbonyl (C=O) groups is 2. The monoisotopic (exact) mass is 327 g/mol. The molecule has 0 unspecified atom stereocenters. The first-order chi connectivity index (χ1) is 11.7. The zero-order valence-corrected chi connectivity index (χ0v) is 13.6. The van der Waals surface area contributed by atoms with Crippen LogP contribution in [0, 0.1) is 0 Å². The predicted octanol–water partition coefficient (Wildman–Crippen LogP) is 3.07. The van der Waals surface area contributed by atoms with Crippen molar-refractivity contribution < 1.29 is 14.3 Å². The molecule has 24 heavy (non-hydrogen) atoms. The number of hydrogen-bond acceptors (Lipinski definition) is 4. The molecule has 1 N–H and O–H groups in total. The smallest absolute Gasteiger partial charge is 0.322 e. The molecule has 0 bridgehead atoms. The Bertz CT molecular complexity index is 647. The lowest BCUT2D eigenvalue weighted by Gasteiger charge is -2.23. The topological polar surface area (TPSA) is 71.5 Å². The van der Waals surface area contributed by atoms with Gasteiger partial charge >= 0.3 is 12.0 Å². The SMILES string of the molecule is CCOC(=O)CCN(Cc1ccncc1)C(=O)Nc1ccccc1. The van der Waals surface area contributed by atoms with Gasteiger partial charge in [-0.25, -0.2) is 4.79 Å². The van der Waals surface area contributed by atoms with Gasteiger partial charge in [0.1, 0.15) is 0 Å². The quantitative estimate of drug-likeness (QED) is 0.793. The zero-order chi connectivity index (χ0) is 17.2. The van der Waals surface area contributed by atoms with E-state index in [1.54, 1.807) is 24.2 Å². The van der Waals surface area contributed by atoms with Gasteiger partial charge in [0.05, 0.1) is 13.0 Å². The lowest BCUT2D eigenvalue weighted by Crippen LogP contribution is -2.36. The molecule has 6 nitrogen and oxygen atoms in total. The fraction of sp³-hybridized carbons (Fsp3) is 0.278. The first kappa shape index (κ1) is 17.5. The summed E-state index contributed by atoms with van der Waals surface area (Å²) >= 11 is 0. The molecule has 0 aliphatic heterocycles. The minimum Gasteiger partial charge on any atom is -0.466 e. The number of esters is 1. The maximum atomic E-state index is 12.5. The van der Waals surface area contributed by atoms with Crippen LogP contribution in [0.15, 0.2) is 54.9 Å². The van der Waals surface area contributed by atoms with Crippen molar-refractivity contribution in [2.75, 3.05) is 18.5 Å². The van der Waals surface area contributed by atoms with Crippen molar-refractivity contribution in [3.8, 4) is 0 Å². The van der Waals surface area contributed by atoms with E-state index in [0.29, 0.717) is 18.8 Å². The molecule has 0 spiro atoms. The Morgan fingerprint density at radius 3 is 2.50 bits per heavy atom. The molecule has 2 aromatic rings. The number of benzene rings is 1. The van der Waals surface area contributed by atoms with Crippen molar-refractivity contribution >= 4 is 17.7 Å². The molecule has 126 valence electrons. The molecule has 0 saturated carbocycles. The van der Waals surface area contributed by atoms with Gasteiger partial charge < -0.3 is 15.0 Å². The lowest BCUT2D eigenvalue weighted by atomic mass is 10.2. The van der Waals surface area contributed by atoms with Crippen molar-refractivity contribution in [3.63, 3.8) is 0 Å². The second-order valence-electron chi connectivity index (χ2n) is 5.13. The first-order valence-electron chi connectivity index (χ1n) is 7.84. The molecule has 0 saturated heterocycles. The van der Waals surface area contributed by atoms with E-state index in [0.717, 1.165) is 5.56 Å². The highest BCUT2D eigenvalue weighted by Gasteiger charge is 2.16. The average Bonchev–Trinajstić information content (AvgIpc) is 2.60. The number of nitrogens with one attached hydrogen (secondary N) is 1. The normalized spacial score (nSPS) is 10.0. The number of rotatable bonds is 7. The first-order valence-corrected chi connectivity index (χ1v) is 7.84. The van der Waals surface area contributed by atoms with Crippen molar-refractivity contribution in [3.05, 3.63) is 60.4 Å². The third-order valence-electron chi connectivity index (χ3n) is 3.33. The molecule has 2 rings (SSSR count). The molecule has 2 amide bonds. The van der Waals surface area contributed by atoms with E-state index >= 15 is 0 Å². The maximum Gasteiger partial charge on any atom is 0.322 e. The molecule has 0 atom stereocenters. The Kier molecular flexibility index (Phi) is 6.76. The van der Waals surface area contributed by atoms with E-state index in [-0.39, 0.29) is 25.0 Å². The molecular weight excluding hydrogens is 306 g/mol. The van der Waals surface area contributed by atoms with Gasteiger partial charge in [0, 0.05) is 31.2 Å². The van der Waals surface area contributed by atoms with Crippen molar-refractivity contribution in [1.82, 2.24) is 9.88 Å². The summed E-state index contributed by atoms with van der Waals surface area (Å²) in [5.74, 6) is -0.315. The summed E-state index contributed by atoms with van der Waals surface area (Å²) in [5.41, 5.74) is 1.65. The summed E-state index contributed by atoms with van der Waals surface area (Å²) < 4.78 is 4.93. The Morgan fingerprint density at radius 1 is 1.12 bits per heavy atom. The van der Waals surface area contributed by atoms with Crippen LogP contribution in [0.4, 0.5) is 10.5 Å². The second-order valence-corrected chi connectivity index (χ2v) is 5.13. The van der Waals surface area contributed by atoms with Crippen molar-refractivity contribution in [2.24, 2.45) is 0 Å². The molecule has 0 aliphatic rings. The van der Waals surface area contributed by atoms with Crippen molar-refractivity contribution in [2.45, 2.75) is 19.9 Å². The van der Waals surface area contributed by atoms with Crippen LogP contribution in [-0.2, 0) is 16.1 Å². The minimum atomic E-state index is -0.315. The van der Waals surface area contributed by atoms with E-state index in [2.05, 4.69) is 10.3 Å². The van der Waals surface area contributed by atoms with E-state index in [4.69, 9.17) is 4.74 Å². The van der Waals surface area contributed by atoms with E-state index in [9.17, 15) is 9.59 Å². The number of carbonyl (C=O) groups excluding carboxylic acids is 2. The number of amides is 2. The second kappa shape index (κ2) is 9.29. The highest BCUT2D eigenvalue weighted by atomic mass is 16.5. The van der Waals surface area contributed by atoms with Gasteiger partial charge in [-0.2, -0.15) is 0 Å². The number of pyridine rings is 1. The van der Waals surface area contributed by atoms with Crippen LogP contribution in [-0.4, -0.2) is 35.0 Å². The number of aromatic nitrogens is 1. The average molecular weight is 327 g/mol. The van der Waals surface area contributed by atoms with Gasteiger partial charge in [0.2, 0.25) is 0 Å². The van der Waals surface area contributed by atoms with Crippen LogP contribution < -0.4 is 5.32 Å². The summed E-state index contributed by atoms with van der Waals surface area (Å²) in [6.07, 6.45) is 3.50. The summed E-state index contributed by atoms with van der Waals surface area (Å²) in [5, 5.41) is 2.84. The largest absolute Gasteiger partial charge is 0.466 e. The van der Waals surface area contributed by atoms with Gasteiger partial charge in [-0.1, -0.05) is 18.2 Å². The molecule has 1 aromatic heterocycles. The number of para-hydroxylation sites is 1. The van der Waals surface area contributed by atoms with Crippen LogP contribution in [0.3, 0.4) is 0 Å². The number of ether oxygens (including phenoxy) is 1. The van der Waals surface area contributed by atoms with Crippen molar-refractivity contribution in [1.29, 1.82) is 0 Å². The molecular formula is C18H21N3O3. The minimum absolute atomic E-state index is 0.154. The molecule has 0 fully saturated rings. The Labute approximate surface area is 141 Å². The Balaban J connectivity index is 2.03. The molecule has 1 aromatic carbocycles. The zero-order valence-electron chi connectivity index (χ0n) is 13.6. The molecule has 0 aliphatic carbocycles. The number of hydrogen-bond donors (Lipinski definition) is 1. The third-order valence-corrected chi connectivity index (χ3v) is 3.33. The highest BCUT2D eigenvalue weighted by molar-refractivity contribution is 5.89. The molecule has 0 radical (unpaired) electrons. The van der Waals surface area contributed by atoms with E-state index in [1.807, 2.05) is 42.5 Å². The van der Waals surface area contributed by atoms with Crippen LogP contribution in [0.5, 0.6) is 0 Å². The van der Waals surface area contributed by atoms with Crippen LogP contribution in [0.2, 0.25) is 0 Å². The summed E-state index contributed by atoms with van der Waals surface area (Å²) in [7, 11) is 0. The van der Waals surface area contributed by atoms with Gasteiger partial charge in [-0.15, -0.1) is 0 Å². The van der Waals surface area contributed by atoms with Crippen LogP contribution in [0.1, 0.15) is 18.9 Å². The molecule has 6 heteroatoms. The van der Waals surface area contributed by atoms with Gasteiger partial charge in [-0.3, -0.25) is 9.78 Å². The fourth-order valence-corrected chi connectivity index (χ4v) is 2.14. The standard InChI is InChI=1S/C18H21N3O3/c1-2-24-17(22)10-13-21(14-15-8-11-19-12-9-15)18(23)20-16-6-4-3-5-7-16/h3-9,11-12H,2,10,13-14H2,1H3,(H,20,23). The van der Waals surface area contributed by atoms with Crippen LogP contribution in [0.25, 0.3) is 0 Å². The fourth-order valence-electron chi connectivity index (χ4n) is 2.14. The van der Waals surface area contributed by atoms with E-state index < -0.39 is 0 Å². The number of urea groups is 1. The van der Waals surface area contributed by atoms with E-state index in [1.165, 1.54) is 0 Å². The third kappa shape index (κ3) is 5.72. The number of anilines is 1. The van der Waals surface area contributed by atoms with Crippen LogP contribution >= 0.6 is 0 Å². The predicted molar refractivity (Wildman–Crippen MR) is 91.4 cm³/mol. The Hall–Kier alpha value is -2.89. The number of nitrogens with zero attached hydrogens (tertiary/aromatic N) is 2.